The molecule has 5 heteroatoms. The number of rotatable bonds is 6. The molecule has 1 aliphatic rings. The van der Waals surface area contributed by atoms with Gasteiger partial charge in [-0.15, -0.1) is 0 Å². The van der Waals surface area contributed by atoms with Gasteiger partial charge in [-0.1, -0.05) is 37.3 Å². The van der Waals surface area contributed by atoms with Gasteiger partial charge in [0.05, 0.1) is 25.4 Å². The molecule has 0 radical (unpaired) electrons. The van der Waals surface area contributed by atoms with Gasteiger partial charge >= 0.3 is 6.03 Å². The van der Waals surface area contributed by atoms with Gasteiger partial charge in [0.25, 0.3) is 0 Å². The summed E-state index contributed by atoms with van der Waals surface area (Å²) < 4.78 is 5.20. The monoisotopic (exact) mass is 306 g/mol. The number of aliphatic hydroxyl groups is 1. The normalized spacial score (nSPS) is 16.7. The van der Waals surface area contributed by atoms with Crippen LogP contribution in [0, 0.1) is 5.41 Å². The molecule has 1 aliphatic heterocycles. The maximum absolute atomic E-state index is 12.5. The second-order valence-electron chi connectivity index (χ2n) is 7.12. The maximum Gasteiger partial charge on any atom is 0.317 e. The van der Waals surface area contributed by atoms with Crippen molar-refractivity contribution in [1.82, 2.24) is 10.2 Å². The smallest absolute Gasteiger partial charge is 0.317 e. The number of carbonyl (C=O) groups is 1. The Morgan fingerprint density at radius 3 is 2.50 bits per heavy atom. The number of hydrogen-bond donors (Lipinski definition) is 2. The third-order valence-corrected chi connectivity index (χ3v) is 3.65. The molecule has 2 N–H and O–H groups in total. The van der Waals surface area contributed by atoms with Crippen LogP contribution in [0.15, 0.2) is 30.3 Å². The van der Waals surface area contributed by atoms with Gasteiger partial charge in [0.2, 0.25) is 0 Å². The van der Waals surface area contributed by atoms with E-state index in [0.29, 0.717) is 26.3 Å². The van der Waals surface area contributed by atoms with Gasteiger partial charge < -0.3 is 20.1 Å². The van der Waals surface area contributed by atoms with Crippen LogP contribution in [0.1, 0.15) is 26.3 Å². The maximum atomic E-state index is 12.5. The van der Waals surface area contributed by atoms with Gasteiger partial charge in [-0.25, -0.2) is 4.79 Å². The van der Waals surface area contributed by atoms with Crippen LogP contribution in [-0.4, -0.2) is 47.9 Å². The van der Waals surface area contributed by atoms with E-state index in [4.69, 9.17) is 4.74 Å². The predicted molar refractivity (Wildman–Crippen MR) is 85.5 cm³/mol. The molecule has 0 aromatic heterocycles. The molecule has 5 nitrogen and oxygen atoms in total. The summed E-state index contributed by atoms with van der Waals surface area (Å²) in [5.74, 6) is 0. The van der Waals surface area contributed by atoms with Crippen molar-refractivity contribution in [2.75, 3.05) is 26.3 Å². The Bertz CT molecular complexity index is 492. The first kappa shape index (κ1) is 16.8. The fraction of sp³-hybridized carbons (Fsp3) is 0.588. The number of hydrogen-bond acceptors (Lipinski definition) is 3. The third kappa shape index (κ3) is 5.00. The number of nitrogens with zero attached hydrogens (tertiary/aromatic N) is 1. The van der Waals surface area contributed by atoms with Crippen LogP contribution in [0.4, 0.5) is 4.79 Å². The van der Waals surface area contributed by atoms with E-state index in [1.54, 1.807) is 18.7 Å². The molecule has 122 valence electrons. The number of nitrogens with one attached hydrogen (secondary N) is 1. The van der Waals surface area contributed by atoms with Crippen molar-refractivity contribution in [2.24, 2.45) is 5.41 Å². The Hall–Kier alpha value is -1.59. The lowest BCUT2D eigenvalue weighted by Crippen LogP contribution is -2.52. The molecule has 1 fully saturated rings. The number of carbonyl (C=O) groups excluding carboxylic acids is 1. The summed E-state index contributed by atoms with van der Waals surface area (Å²) in [4.78, 5) is 14.1. The highest BCUT2D eigenvalue weighted by molar-refractivity contribution is 5.74. The topological polar surface area (TPSA) is 61.8 Å². The van der Waals surface area contributed by atoms with Crippen molar-refractivity contribution in [2.45, 2.75) is 32.9 Å². The fourth-order valence-corrected chi connectivity index (χ4v) is 2.42. The first-order chi connectivity index (χ1) is 10.3. The summed E-state index contributed by atoms with van der Waals surface area (Å²) in [5.41, 5.74) is 0.137. The summed E-state index contributed by atoms with van der Waals surface area (Å²) in [6.07, 6.45) is 0. The van der Waals surface area contributed by atoms with Crippen molar-refractivity contribution in [3.05, 3.63) is 35.9 Å². The number of urea groups is 1. The van der Waals surface area contributed by atoms with Crippen molar-refractivity contribution in [3.63, 3.8) is 0 Å². The van der Waals surface area contributed by atoms with Crippen LogP contribution in [-0.2, 0) is 11.3 Å². The average molecular weight is 306 g/mol. The lowest BCUT2D eigenvalue weighted by atomic mass is 9.89. The number of benzene rings is 1. The zero-order valence-corrected chi connectivity index (χ0v) is 13.6. The first-order valence-corrected chi connectivity index (χ1v) is 7.64. The average Bonchev–Trinajstić information content (AvgIpc) is 2.41. The van der Waals surface area contributed by atoms with E-state index >= 15 is 0 Å². The van der Waals surface area contributed by atoms with E-state index in [0.717, 1.165) is 5.56 Å². The molecule has 0 unspecified atom stereocenters. The lowest BCUT2D eigenvalue weighted by Gasteiger charge is -2.39. The molecule has 1 aromatic rings. The second-order valence-corrected chi connectivity index (χ2v) is 7.12. The highest BCUT2D eigenvalue weighted by Crippen LogP contribution is 2.25. The molecule has 1 aromatic carbocycles. The van der Waals surface area contributed by atoms with Crippen LogP contribution in [0.5, 0.6) is 0 Å². The summed E-state index contributed by atoms with van der Waals surface area (Å²) in [7, 11) is 0. The summed E-state index contributed by atoms with van der Waals surface area (Å²) in [6, 6.07) is 9.64. The molecule has 1 saturated heterocycles. The van der Waals surface area contributed by atoms with Crippen LogP contribution >= 0.6 is 0 Å². The van der Waals surface area contributed by atoms with Crippen LogP contribution in [0.25, 0.3) is 0 Å². The Labute approximate surface area is 132 Å². The zero-order chi connectivity index (χ0) is 16.2. The Balaban J connectivity index is 1.98. The quantitative estimate of drug-likeness (QED) is 0.845. The minimum Gasteiger partial charge on any atom is -0.389 e. The molecular formula is C17H26N2O3. The SMILES string of the molecule is CC(C)(O)CN(Cc1ccccc1)C(=O)NCC1(C)COC1. The second kappa shape index (κ2) is 6.67. The van der Waals surface area contributed by atoms with E-state index in [-0.39, 0.29) is 18.0 Å². The molecule has 2 rings (SSSR count). The van der Waals surface area contributed by atoms with E-state index in [9.17, 15) is 9.90 Å². The minimum absolute atomic E-state index is 0.0306. The van der Waals surface area contributed by atoms with Crippen LogP contribution < -0.4 is 5.32 Å². The standard InChI is InChI=1S/C17H26N2O3/c1-16(2,21)11-19(9-14-7-5-4-6-8-14)15(20)18-10-17(3)12-22-13-17/h4-8,21H,9-13H2,1-3H3,(H,18,20). The largest absolute Gasteiger partial charge is 0.389 e. The van der Waals surface area contributed by atoms with E-state index < -0.39 is 5.60 Å². The van der Waals surface area contributed by atoms with Gasteiger partial charge in [0.1, 0.15) is 0 Å². The molecule has 0 aliphatic carbocycles. The molecule has 22 heavy (non-hydrogen) atoms. The van der Waals surface area contributed by atoms with E-state index in [1.807, 2.05) is 30.3 Å². The van der Waals surface area contributed by atoms with Gasteiger partial charge in [0.15, 0.2) is 0 Å². The first-order valence-electron chi connectivity index (χ1n) is 7.64. The number of ether oxygens (including phenoxy) is 1. The van der Waals surface area contributed by atoms with Crippen molar-refractivity contribution < 1.29 is 14.6 Å². The Morgan fingerprint density at radius 2 is 2.00 bits per heavy atom. The summed E-state index contributed by atoms with van der Waals surface area (Å²) in [5, 5.41) is 13.0. The minimum atomic E-state index is -0.935. The third-order valence-electron chi connectivity index (χ3n) is 3.65. The molecule has 0 bridgehead atoms. The summed E-state index contributed by atoms with van der Waals surface area (Å²) >= 11 is 0. The Morgan fingerprint density at radius 1 is 1.36 bits per heavy atom. The molecule has 0 saturated carbocycles. The van der Waals surface area contributed by atoms with Crippen molar-refractivity contribution >= 4 is 6.03 Å². The van der Waals surface area contributed by atoms with Crippen LogP contribution in [0.3, 0.4) is 0 Å². The molecule has 0 atom stereocenters. The van der Waals surface area contributed by atoms with Crippen molar-refractivity contribution in [3.8, 4) is 0 Å². The van der Waals surface area contributed by atoms with Crippen molar-refractivity contribution in [1.29, 1.82) is 0 Å². The highest BCUT2D eigenvalue weighted by Gasteiger charge is 2.34. The number of amides is 2. The van der Waals surface area contributed by atoms with Gasteiger partial charge in [-0.05, 0) is 19.4 Å². The van der Waals surface area contributed by atoms with Gasteiger partial charge in [-0.3, -0.25) is 0 Å². The molecule has 0 spiro atoms. The molecule has 1 heterocycles. The van der Waals surface area contributed by atoms with Gasteiger partial charge in [-0.2, -0.15) is 0 Å². The molecule has 2 amide bonds. The summed E-state index contributed by atoms with van der Waals surface area (Å²) in [6.45, 7) is 8.20. The predicted octanol–water partition coefficient (Wildman–Crippen LogP) is 2.01. The molecular weight excluding hydrogens is 280 g/mol. The zero-order valence-electron chi connectivity index (χ0n) is 13.6. The van der Waals surface area contributed by atoms with E-state index in [2.05, 4.69) is 12.2 Å². The highest BCUT2D eigenvalue weighted by atomic mass is 16.5. The Kier molecular flexibility index (Phi) is 5.08. The van der Waals surface area contributed by atoms with Gasteiger partial charge in [0, 0.05) is 18.5 Å². The lowest BCUT2D eigenvalue weighted by molar-refractivity contribution is -0.0980. The van der Waals surface area contributed by atoms with Crippen LogP contribution in [0.2, 0.25) is 0 Å². The fourth-order valence-electron chi connectivity index (χ4n) is 2.42. The van der Waals surface area contributed by atoms with E-state index in [1.165, 1.54) is 0 Å².